The normalized spacial score (nSPS) is 13.0. The molecule has 6 nitrogen and oxygen atoms in total. The minimum Gasteiger partial charge on any atom is -0.489 e. The fourth-order valence-corrected chi connectivity index (χ4v) is 3.47. The number of para-hydroxylation sites is 1. The lowest BCUT2D eigenvalue weighted by atomic mass is 10.1. The number of benzene rings is 2. The smallest absolute Gasteiger partial charge is 0.191 e. The van der Waals surface area contributed by atoms with Crippen LogP contribution in [0.3, 0.4) is 0 Å². The summed E-state index contributed by atoms with van der Waals surface area (Å²) in [6.07, 6.45) is 1.79. The second-order valence-corrected chi connectivity index (χ2v) is 9.34. The van der Waals surface area contributed by atoms with Crippen LogP contribution in [0.1, 0.15) is 31.4 Å². The summed E-state index contributed by atoms with van der Waals surface area (Å²) in [6, 6.07) is 17.9. The van der Waals surface area contributed by atoms with Crippen LogP contribution >= 0.6 is 0 Å². The maximum Gasteiger partial charge on any atom is 0.191 e. The van der Waals surface area contributed by atoms with Gasteiger partial charge in [-0.15, -0.1) is 0 Å². The van der Waals surface area contributed by atoms with E-state index in [0.29, 0.717) is 25.5 Å². The Morgan fingerprint density at radius 2 is 1.83 bits per heavy atom. The Hall–Kier alpha value is -2.54. The molecule has 7 heteroatoms. The zero-order valence-electron chi connectivity index (χ0n) is 17.4. The second kappa shape index (κ2) is 11.5. The van der Waals surface area contributed by atoms with E-state index in [4.69, 9.17) is 4.74 Å². The zero-order valence-corrected chi connectivity index (χ0v) is 18.2. The van der Waals surface area contributed by atoms with Gasteiger partial charge >= 0.3 is 0 Å². The molecule has 0 heterocycles. The van der Waals surface area contributed by atoms with Crippen molar-refractivity contribution in [2.45, 2.75) is 39.5 Å². The molecule has 0 aliphatic rings. The predicted molar refractivity (Wildman–Crippen MR) is 119 cm³/mol. The van der Waals surface area contributed by atoms with Gasteiger partial charge in [-0.3, -0.25) is 0 Å². The first-order valence-corrected chi connectivity index (χ1v) is 11.9. The summed E-state index contributed by atoms with van der Waals surface area (Å²) in [5.41, 5.74) is 2.17. The van der Waals surface area contributed by atoms with Crippen molar-refractivity contribution >= 4 is 15.8 Å². The number of hydrogen-bond donors (Lipinski definition) is 2. The molecule has 0 radical (unpaired) electrons. The van der Waals surface area contributed by atoms with Gasteiger partial charge in [-0.05, 0) is 43.5 Å². The van der Waals surface area contributed by atoms with E-state index >= 15 is 0 Å². The Morgan fingerprint density at radius 3 is 2.52 bits per heavy atom. The van der Waals surface area contributed by atoms with Gasteiger partial charge < -0.3 is 15.4 Å². The van der Waals surface area contributed by atoms with E-state index in [0.717, 1.165) is 23.4 Å². The first kappa shape index (κ1) is 22.7. The molecule has 0 aliphatic heterocycles. The molecule has 2 rings (SSSR count). The van der Waals surface area contributed by atoms with Gasteiger partial charge in [-0.2, -0.15) is 0 Å². The Morgan fingerprint density at radius 1 is 1.10 bits per heavy atom. The van der Waals surface area contributed by atoms with Gasteiger partial charge in [-0.1, -0.05) is 42.5 Å². The van der Waals surface area contributed by atoms with Crippen LogP contribution in [-0.4, -0.2) is 39.0 Å². The van der Waals surface area contributed by atoms with Gasteiger partial charge in [-0.25, -0.2) is 13.4 Å². The molecule has 0 saturated heterocycles. The Bertz CT molecular complexity index is 883. The molecule has 0 aliphatic carbocycles. The van der Waals surface area contributed by atoms with Gasteiger partial charge in [0.2, 0.25) is 0 Å². The molecule has 29 heavy (non-hydrogen) atoms. The van der Waals surface area contributed by atoms with Crippen LogP contribution in [0.4, 0.5) is 0 Å². The molecule has 158 valence electrons. The van der Waals surface area contributed by atoms with Crippen LogP contribution in [0.15, 0.2) is 59.6 Å². The SMILES string of the molecule is CCNC(=NCc1cccc(COc2ccccc2)c1)NC(C)CCS(C)(=O)=O. The van der Waals surface area contributed by atoms with Crippen molar-refractivity contribution in [3.63, 3.8) is 0 Å². The molecule has 0 saturated carbocycles. The molecular formula is C22H31N3O3S. The van der Waals surface area contributed by atoms with E-state index in [1.807, 2.05) is 62.4 Å². The summed E-state index contributed by atoms with van der Waals surface area (Å²) in [5, 5.41) is 6.48. The van der Waals surface area contributed by atoms with Crippen LogP contribution < -0.4 is 15.4 Å². The van der Waals surface area contributed by atoms with Crippen molar-refractivity contribution in [1.29, 1.82) is 0 Å². The Balaban J connectivity index is 1.94. The van der Waals surface area contributed by atoms with Crippen molar-refractivity contribution in [2.24, 2.45) is 4.99 Å². The van der Waals surface area contributed by atoms with E-state index in [1.54, 1.807) is 0 Å². The number of hydrogen-bond acceptors (Lipinski definition) is 4. The standard InChI is InChI=1S/C22H31N3O3S/c1-4-23-22(25-18(2)13-14-29(3,26)27)24-16-19-9-8-10-20(15-19)17-28-21-11-6-5-7-12-21/h5-12,15,18H,4,13-14,16-17H2,1-3H3,(H2,23,24,25). The molecule has 1 atom stereocenters. The van der Waals surface area contributed by atoms with Crippen LogP contribution in [0.25, 0.3) is 0 Å². The number of ether oxygens (including phenoxy) is 1. The van der Waals surface area contributed by atoms with Crippen molar-refractivity contribution in [3.8, 4) is 5.75 Å². The lowest BCUT2D eigenvalue weighted by Crippen LogP contribution is -2.42. The molecule has 0 aromatic heterocycles. The van der Waals surface area contributed by atoms with Gasteiger partial charge in [0.1, 0.15) is 22.2 Å². The third kappa shape index (κ3) is 9.47. The number of nitrogens with zero attached hydrogens (tertiary/aromatic N) is 1. The van der Waals surface area contributed by atoms with Crippen LogP contribution in [-0.2, 0) is 23.0 Å². The monoisotopic (exact) mass is 417 g/mol. The predicted octanol–water partition coefficient (Wildman–Crippen LogP) is 3.14. The van der Waals surface area contributed by atoms with Crippen molar-refractivity contribution in [3.05, 3.63) is 65.7 Å². The molecule has 1 unspecified atom stereocenters. The van der Waals surface area contributed by atoms with Crippen molar-refractivity contribution < 1.29 is 13.2 Å². The number of sulfone groups is 1. The van der Waals surface area contributed by atoms with Crippen LogP contribution in [0.2, 0.25) is 0 Å². The minimum absolute atomic E-state index is 0.00753. The van der Waals surface area contributed by atoms with E-state index in [-0.39, 0.29) is 11.8 Å². The highest BCUT2D eigenvalue weighted by atomic mass is 32.2. The van der Waals surface area contributed by atoms with E-state index in [9.17, 15) is 8.42 Å². The van der Waals surface area contributed by atoms with Gasteiger partial charge in [0, 0.05) is 18.8 Å². The number of nitrogens with one attached hydrogen (secondary N) is 2. The zero-order chi connectivity index (χ0) is 21.1. The molecule has 0 amide bonds. The highest BCUT2D eigenvalue weighted by Crippen LogP contribution is 2.13. The number of aliphatic imine (C=N–C) groups is 1. The average Bonchev–Trinajstić information content (AvgIpc) is 2.70. The third-order valence-electron chi connectivity index (χ3n) is 4.21. The van der Waals surface area contributed by atoms with E-state index in [1.165, 1.54) is 6.26 Å². The number of guanidine groups is 1. The fraction of sp³-hybridized carbons (Fsp3) is 0.409. The summed E-state index contributed by atoms with van der Waals surface area (Å²) in [7, 11) is -2.97. The van der Waals surface area contributed by atoms with Gasteiger partial charge in [0.05, 0.1) is 12.3 Å². The molecule has 2 aromatic rings. The molecule has 2 N–H and O–H groups in total. The molecule has 2 aromatic carbocycles. The van der Waals surface area contributed by atoms with Crippen LogP contribution in [0.5, 0.6) is 5.75 Å². The summed E-state index contributed by atoms with van der Waals surface area (Å²) in [5.74, 6) is 1.68. The van der Waals surface area contributed by atoms with Crippen LogP contribution in [0, 0.1) is 0 Å². The first-order chi connectivity index (χ1) is 13.9. The first-order valence-electron chi connectivity index (χ1n) is 9.84. The molecular weight excluding hydrogens is 386 g/mol. The Kier molecular flexibility index (Phi) is 8.99. The largest absolute Gasteiger partial charge is 0.489 e. The lowest BCUT2D eigenvalue weighted by molar-refractivity contribution is 0.306. The maximum absolute atomic E-state index is 11.3. The fourth-order valence-electron chi connectivity index (χ4n) is 2.69. The third-order valence-corrected chi connectivity index (χ3v) is 5.19. The Labute approximate surface area is 174 Å². The quantitative estimate of drug-likeness (QED) is 0.459. The maximum atomic E-state index is 11.3. The summed E-state index contributed by atoms with van der Waals surface area (Å²) < 4.78 is 28.5. The topological polar surface area (TPSA) is 79.8 Å². The second-order valence-electron chi connectivity index (χ2n) is 7.08. The number of rotatable bonds is 10. The van der Waals surface area contributed by atoms with Gasteiger partial charge in [0.15, 0.2) is 5.96 Å². The molecule has 0 fully saturated rings. The van der Waals surface area contributed by atoms with Gasteiger partial charge in [0.25, 0.3) is 0 Å². The summed E-state index contributed by atoms with van der Waals surface area (Å²) >= 11 is 0. The van der Waals surface area contributed by atoms with Crippen molar-refractivity contribution in [2.75, 3.05) is 18.6 Å². The summed E-state index contributed by atoms with van der Waals surface area (Å²) in [4.78, 5) is 4.63. The minimum atomic E-state index is -2.97. The molecule has 0 spiro atoms. The lowest BCUT2D eigenvalue weighted by Gasteiger charge is -2.17. The summed E-state index contributed by atoms with van der Waals surface area (Å²) in [6.45, 7) is 5.71. The van der Waals surface area contributed by atoms with Crippen molar-refractivity contribution in [1.82, 2.24) is 10.6 Å². The highest BCUT2D eigenvalue weighted by Gasteiger charge is 2.09. The average molecular weight is 418 g/mol. The highest BCUT2D eigenvalue weighted by molar-refractivity contribution is 7.90. The molecule has 0 bridgehead atoms. The van der Waals surface area contributed by atoms with E-state index in [2.05, 4.69) is 21.7 Å². The van der Waals surface area contributed by atoms with E-state index < -0.39 is 9.84 Å².